The van der Waals surface area contributed by atoms with E-state index in [0.29, 0.717) is 11.3 Å². The van der Waals surface area contributed by atoms with Crippen LogP contribution in [-0.2, 0) is 0 Å². The minimum absolute atomic E-state index is 0.450. The first-order chi connectivity index (χ1) is 20.1. The summed E-state index contributed by atoms with van der Waals surface area (Å²) in [5.41, 5.74) is 0.901. The fourth-order valence-electron chi connectivity index (χ4n) is 8.04. The zero-order valence-corrected chi connectivity index (χ0v) is 27.2. The van der Waals surface area contributed by atoms with Crippen molar-refractivity contribution in [1.29, 1.82) is 0 Å². The largest absolute Gasteiger partial charge is 0.341 e. The molecular formula is C37H42Cl2P2+2. The van der Waals surface area contributed by atoms with Crippen LogP contribution in [0.1, 0.15) is 64.2 Å². The van der Waals surface area contributed by atoms with Gasteiger partial charge in [-0.3, -0.25) is 0 Å². The van der Waals surface area contributed by atoms with Gasteiger partial charge in [0.2, 0.25) is 0 Å². The minimum atomic E-state index is -2.42. The Morgan fingerprint density at radius 3 is 0.878 bits per heavy atom. The molecule has 0 bridgehead atoms. The zero-order valence-electron chi connectivity index (χ0n) is 23.9. The van der Waals surface area contributed by atoms with E-state index in [9.17, 15) is 0 Å². The topological polar surface area (TPSA) is 0 Å². The van der Waals surface area contributed by atoms with Crippen LogP contribution in [0.15, 0.2) is 121 Å². The van der Waals surface area contributed by atoms with Crippen molar-refractivity contribution in [1.82, 2.24) is 0 Å². The molecule has 2 fully saturated rings. The molecule has 0 heterocycles. The van der Waals surface area contributed by atoms with E-state index >= 15 is 0 Å². The molecular weight excluding hydrogens is 577 g/mol. The minimum Gasteiger partial charge on any atom is -0.0620 e. The molecule has 212 valence electrons. The first-order valence-electron chi connectivity index (χ1n) is 15.5. The van der Waals surface area contributed by atoms with Crippen LogP contribution in [0.4, 0.5) is 0 Å². The number of halogens is 2. The maximum atomic E-state index is 8.65. The first-order valence-corrected chi connectivity index (χ1v) is 20.0. The van der Waals surface area contributed by atoms with Gasteiger partial charge in [-0.05, 0) is 123 Å². The lowest BCUT2D eigenvalue weighted by Gasteiger charge is -2.50. The van der Waals surface area contributed by atoms with E-state index in [2.05, 4.69) is 121 Å². The molecule has 6 rings (SSSR count). The van der Waals surface area contributed by atoms with E-state index in [1.54, 1.807) is 0 Å². The van der Waals surface area contributed by atoms with Crippen molar-refractivity contribution in [2.45, 2.75) is 79.3 Å². The molecule has 0 unspecified atom stereocenters. The van der Waals surface area contributed by atoms with Crippen LogP contribution in [0.2, 0.25) is 0 Å². The first kappa shape index (κ1) is 29.4. The van der Waals surface area contributed by atoms with Gasteiger partial charge in [0.25, 0.3) is 0 Å². The molecule has 0 amide bonds. The number of rotatable bonds is 8. The van der Waals surface area contributed by atoms with Crippen LogP contribution < -0.4 is 21.2 Å². The zero-order chi connectivity index (χ0) is 28.2. The summed E-state index contributed by atoms with van der Waals surface area (Å²) in [7, 11) is -4.84. The summed E-state index contributed by atoms with van der Waals surface area (Å²) < 4.78 is -0.977. The second-order valence-corrected chi connectivity index (χ2v) is 22.4. The molecule has 0 atom stereocenters. The van der Waals surface area contributed by atoms with Crippen molar-refractivity contribution in [2.75, 3.05) is 0 Å². The molecule has 0 nitrogen and oxygen atoms in total. The third kappa shape index (κ3) is 5.02. The Balaban J connectivity index is 1.76. The lowest BCUT2D eigenvalue weighted by atomic mass is 10.0. The van der Waals surface area contributed by atoms with Crippen molar-refractivity contribution >= 4 is 58.9 Å². The van der Waals surface area contributed by atoms with E-state index in [1.807, 2.05) is 0 Å². The predicted molar refractivity (Wildman–Crippen MR) is 186 cm³/mol. The Kier molecular flexibility index (Phi) is 9.25. The quantitative estimate of drug-likeness (QED) is 0.136. The van der Waals surface area contributed by atoms with E-state index in [1.165, 1.54) is 85.4 Å². The van der Waals surface area contributed by atoms with Crippen molar-refractivity contribution in [2.24, 2.45) is 0 Å². The molecule has 4 heteroatoms. The third-order valence-corrected chi connectivity index (χ3v) is 24.2. The fraction of sp³-hybridized carbons (Fsp3) is 0.351. The Labute approximate surface area is 258 Å². The van der Waals surface area contributed by atoms with Crippen LogP contribution in [0.5, 0.6) is 0 Å². The summed E-state index contributed by atoms with van der Waals surface area (Å²) in [6.07, 6.45) is 12.4. The molecule has 4 aromatic rings. The van der Waals surface area contributed by atoms with Gasteiger partial charge < -0.3 is 0 Å². The Morgan fingerprint density at radius 1 is 0.390 bits per heavy atom. The van der Waals surface area contributed by atoms with Crippen molar-refractivity contribution in [3.8, 4) is 0 Å². The molecule has 0 saturated heterocycles. The van der Waals surface area contributed by atoms with Gasteiger partial charge in [0.05, 0.1) is 11.3 Å². The van der Waals surface area contributed by atoms with Gasteiger partial charge in [0, 0.05) is 0 Å². The Hall–Kier alpha value is -1.68. The highest BCUT2D eigenvalue weighted by molar-refractivity contribution is 8.10. The van der Waals surface area contributed by atoms with Crippen molar-refractivity contribution < 1.29 is 0 Å². The van der Waals surface area contributed by atoms with E-state index in [0.717, 1.165) is 0 Å². The Morgan fingerprint density at radius 2 is 0.634 bits per heavy atom. The highest BCUT2D eigenvalue weighted by Crippen LogP contribution is 2.92. The maximum absolute atomic E-state index is 8.65. The highest BCUT2D eigenvalue weighted by Gasteiger charge is 2.80. The highest BCUT2D eigenvalue weighted by atomic mass is 35.5. The van der Waals surface area contributed by atoms with Crippen LogP contribution in [0.25, 0.3) is 0 Å². The Bertz CT molecular complexity index is 1180. The monoisotopic (exact) mass is 618 g/mol. The summed E-state index contributed by atoms with van der Waals surface area (Å²) in [6.45, 7) is 0. The lowest BCUT2D eigenvalue weighted by Crippen LogP contribution is -2.50. The van der Waals surface area contributed by atoms with Gasteiger partial charge in [-0.2, -0.15) is 0 Å². The molecule has 2 saturated carbocycles. The molecule has 4 aromatic carbocycles. The van der Waals surface area contributed by atoms with Gasteiger partial charge in [-0.15, -0.1) is 0 Å². The fourth-order valence-corrected chi connectivity index (χ4v) is 25.6. The molecule has 0 aliphatic heterocycles. The maximum Gasteiger partial charge on any atom is 0.341 e. The molecule has 0 N–H and O–H groups in total. The summed E-state index contributed by atoms with van der Waals surface area (Å²) in [6, 6.07) is 45.2. The second-order valence-electron chi connectivity index (χ2n) is 11.9. The van der Waals surface area contributed by atoms with E-state index < -0.39 is 18.3 Å². The number of alkyl halides is 2. The van der Waals surface area contributed by atoms with Gasteiger partial charge in [0.1, 0.15) is 21.2 Å². The van der Waals surface area contributed by atoms with Gasteiger partial charge in [0.15, 0.2) is 14.5 Å². The number of benzene rings is 4. The van der Waals surface area contributed by atoms with Gasteiger partial charge >= 0.3 is 3.82 Å². The van der Waals surface area contributed by atoms with Gasteiger partial charge in [-0.25, -0.2) is 0 Å². The normalized spacial score (nSPS) is 17.8. The summed E-state index contributed by atoms with van der Waals surface area (Å²) in [5, 5.41) is 5.48. The molecule has 41 heavy (non-hydrogen) atoms. The average molecular weight is 620 g/mol. The van der Waals surface area contributed by atoms with Crippen LogP contribution in [-0.4, -0.2) is 15.1 Å². The smallest absolute Gasteiger partial charge is 0.0620 e. The molecule has 0 spiro atoms. The van der Waals surface area contributed by atoms with E-state index in [4.69, 9.17) is 23.2 Å². The molecule has 0 aromatic heterocycles. The third-order valence-electron chi connectivity index (χ3n) is 9.75. The van der Waals surface area contributed by atoms with E-state index in [-0.39, 0.29) is 0 Å². The average Bonchev–Trinajstić information content (AvgIpc) is 3.05. The molecule has 0 radical (unpaired) electrons. The standard InChI is InChI=1S/C37H42Cl2P2/c38-37(39,40(31-19-7-1-8-20-31,32-21-9-2-10-22-32)33-23-11-3-12-24-33)41(34-25-13-4-14-26-34,35-27-15-5-16-28-35)36-29-17-6-18-30-36/h1-2,4-5,7-10,13-16,19-22,25-28,33,36H,3,6,11-12,17-18,23-24,29-30H2/q+2. The van der Waals surface area contributed by atoms with Crippen LogP contribution in [0.3, 0.4) is 0 Å². The molecule has 2 aliphatic rings. The van der Waals surface area contributed by atoms with Crippen LogP contribution in [0, 0.1) is 0 Å². The predicted octanol–water partition coefficient (Wildman–Crippen LogP) is 10.1. The van der Waals surface area contributed by atoms with Crippen LogP contribution >= 0.6 is 37.7 Å². The second kappa shape index (κ2) is 12.9. The summed E-state index contributed by atoms with van der Waals surface area (Å²) in [5.74, 6) is 0. The molecule has 2 aliphatic carbocycles. The summed E-state index contributed by atoms with van der Waals surface area (Å²) >= 11 is 17.3. The SMILES string of the molecule is ClC(Cl)([P+](c1ccccc1)(c1ccccc1)C1CCCCC1)[P+](c1ccccc1)(c1ccccc1)C1CCCCC1. The van der Waals surface area contributed by atoms with Gasteiger partial charge in [-0.1, -0.05) is 85.6 Å². The van der Waals surface area contributed by atoms with Crippen molar-refractivity contribution in [3.05, 3.63) is 121 Å². The van der Waals surface area contributed by atoms with Crippen molar-refractivity contribution in [3.63, 3.8) is 0 Å². The summed E-state index contributed by atoms with van der Waals surface area (Å²) in [4.78, 5) is 0. The number of hydrogen-bond acceptors (Lipinski definition) is 0. The number of hydrogen-bond donors (Lipinski definition) is 0. The lowest BCUT2D eigenvalue weighted by molar-refractivity contribution is 0.506.